The molecule has 0 unspecified atom stereocenters. The number of hydrogen-bond acceptors (Lipinski definition) is 2. The van der Waals surface area contributed by atoms with Crippen LogP contribution in [0.2, 0.25) is 10.0 Å². The van der Waals surface area contributed by atoms with E-state index in [-0.39, 0.29) is 11.8 Å². The summed E-state index contributed by atoms with van der Waals surface area (Å²) in [6.07, 6.45) is 4.96. The van der Waals surface area contributed by atoms with E-state index in [4.69, 9.17) is 23.2 Å². The van der Waals surface area contributed by atoms with E-state index in [1.807, 2.05) is 0 Å². The summed E-state index contributed by atoms with van der Waals surface area (Å²) in [5, 5.41) is 6.71. The fourth-order valence-electron chi connectivity index (χ4n) is 2.67. The van der Waals surface area contributed by atoms with Gasteiger partial charge < -0.3 is 10.6 Å². The zero-order valence-electron chi connectivity index (χ0n) is 15.1. The van der Waals surface area contributed by atoms with E-state index in [2.05, 4.69) is 10.6 Å². The van der Waals surface area contributed by atoms with Crippen LogP contribution in [0.1, 0.15) is 52.8 Å². The van der Waals surface area contributed by atoms with Crippen molar-refractivity contribution in [3.63, 3.8) is 0 Å². The van der Waals surface area contributed by atoms with Gasteiger partial charge in [0.05, 0.1) is 21.2 Å². The zero-order chi connectivity index (χ0) is 19.5. The van der Waals surface area contributed by atoms with Crippen LogP contribution >= 0.6 is 23.2 Å². The quantitative estimate of drug-likeness (QED) is 0.538. The lowest BCUT2D eigenvalue weighted by molar-refractivity contribution is 0.0945. The van der Waals surface area contributed by atoms with Crippen molar-refractivity contribution in [2.75, 3.05) is 13.1 Å². The van der Waals surface area contributed by atoms with Crippen LogP contribution in [0.4, 0.5) is 0 Å². The average Bonchev–Trinajstić information content (AvgIpc) is 2.67. The molecular weight excluding hydrogens is 383 g/mol. The Morgan fingerprint density at radius 2 is 1.00 bits per heavy atom. The molecular formula is C21H24Cl2N2O2. The number of hydrogen-bond donors (Lipinski definition) is 2. The highest BCUT2D eigenvalue weighted by Gasteiger charge is 2.09. The van der Waals surface area contributed by atoms with E-state index in [9.17, 15) is 9.59 Å². The molecule has 2 N–H and O–H groups in total. The van der Waals surface area contributed by atoms with Crippen LogP contribution in [-0.4, -0.2) is 24.9 Å². The molecule has 0 aromatic heterocycles. The Bertz CT molecular complexity index is 702. The second-order valence-electron chi connectivity index (χ2n) is 6.24. The third kappa shape index (κ3) is 7.24. The van der Waals surface area contributed by atoms with Crippen molar-refractivity contribution in [1.29, 1.82) is 0 Å². The summed E-state index contributed by atoms with van der Waals surface area (Å²) in [5.41, 5.74) is 1.02. The number of amides is 2. The first-order valence-electron chi connectivity index (χ1n) is 9.15. The summed E-state index contributed by atoms with van der Waals surface area (Å²) in [5.74, 6) is -0.272. The molecule has 4 nitrogen and oxygen atoms in total. The smallest absolute Gasteiger partial charge is 0.252 e. The maximum absolute atomic E-state index is 12.0. The van der Waals surface area contributed by atoms with Gasteiger partial charge in [-0.2, -0.15) is 0 Å². The lowest BCUT2D eigenvalue weighted by Crippen LogP contribution is -2.25. The molecule has 2 amide bonds. The van der Waals surface area contributed by atoms with E-state index in [0.717, 1.165) is 32.1 Å². The summed E-state index contributed by atoms with van der Waals surface area (Å²) in [6.45, 7) is 1.26. The average molecular weight is 407 g/mol. The number of unbranched alkanes of at least 4 members (excludes halogenated alkanes) is 4. The molecule has 0 fully saturated rings. The molecule has 0 saturated heterocycles. The summed E-state index contributed by atoms with van der Waals surface area (Å²) < 4.78 is 0. The second kappa shape index (κ2) is 11.6. The summed E-state index contributed by atoms with van der Waals surface area (Å²) in [7, 11) is 0. The Kier molecular flexibility index (Phi) is 9.16. The molecule has 0 bridgehead atoms. The highest BCUT2D eigenvalue weighted by molar-refractivity contribution is 6.34. The first-order valence-corrected chi connectivity index (χ1v) is 9.90. The first kappa shape index (κ1) is 21.3. The third-order valence-corrected chi connectivity index (χ3v) is 4.82. The van der Waals surface area contributed by atoms with Crippen molar-refractivity contribution in [2.45, 2.75) is 32.1 Å². The van der Waals surface area contributed by atoms with Crippen LogP contribution in [0, 0.1) is 0 Å². The molecule has 6 heteroatoms. The van der Waals surface area contributed by atoms with Gasteiger partial charge in [0.1, 0.15) is 0 Å². The Morgan fingerprint density at radius 1 is 0.630 bits per heavy atom. The van der Waals surface area contributed by atoms with Crippen LogP contribution in [0.25, 0.3) is 0 Å². The maximum Gasteiger partial charge on any atom is 0.252 e. The van der Waals surface area contributed by atoms with Crippen LogP contribution in [0.5, 0.6) is 0 Å². The Morgan fingerprint density at radius 3 is 1.41 bits per heavy atom. The predicted octanol–water partition coefficient (Wildman–Crippen LogP) is 5.10. The minimum absolute atomic E-state index is 0.136. The SMILES string of the molecule is O=C(NCCCCCCCNC(=O)c1ccccc1Cl)c1ccccc1Cl. The summed E-state index contributed by atoms with van der Waals surface area (Å²) in [4.78, 5) is 24.0. The van der Waals surface area contributed by atoms with E-state index in [1.165, 1.54) is 0 Å². The minimum Gasteiger partial charge on any atom is -0.352 e. The minimum atomic E-state index is -0.136. The molecule has 0 aliphatic carbocycles. The van der Waals surface area contributed by atoms with Gasteiger partial charge in [-0.1, -0.05) is 66.7 Å². The Hall–Kier alpha value is -2.04. The fourth-order valence-corrected chi connectivity index (χ4v) is 3.11. The molecule has 0 aliphatic heterocycles. The Balaban J connectivity index is 1.50. The molecule has 0 saturated carbocycles. The fraction of sp³-hybridized carbons (Fsp3) is 0.333. The molecule has 144 valence electrons. The van der Waals surface area contributed by atoms with Crippen molar-refractivity contribution in [1.82, 2.24) is 10.6 Å². The number of halogens is 2. The largest absolute Gasteiger partial charge is 0.352 e. The van der Waals surface area contributed by atoms with Crippen LogP contribution in [0.15, 0.2) is 48.5 Å². The first-order chi connectivity index (χ1) is 13.1. The van der Waals surface area contributed by atoms with Gasteiger partial charge in [0, 0.05) is 13.1 Å². The predicted molar refractivity (Wildman–Crippen MR) is 111 cm³/mol. The lowest BCUT2D eigenvalue weighted by Gasteiger charge is -2.07. The molecule has 0 heterocycles. The molecule has 27 heavy (non-hydrogen) atoms. The maximum atomic E-state index is 12.0. The summed E-state index contributed by atoms with van der Waals surface area (Å²) in [6, 6.07) is 14.0. The van der Waals surface area contributed by atoms with Gasteiger partial charge in [-0.3, -0.25) is 9.59 Å². The van der Waals surface area contributed by atoms with Crippen molar-refractivity contribution in [3.8, 4) is 0 Å². The van der Waals surface area contributed by atoms with Crippen LogP contribution in [0.3, 0.4) is 0 Å². The van der Waals surface area contributed by atoms with Crippen molar-refractivity contribution >= 4 is 35.0 Å². The van der Waals surface area contributed by atoms with E-state index in [1.54, 1.807) is 48.5 Å². The van der Waals surface area contributed by atoms with E-state index < -0.39 is 0 Å². The normalized spacial score (nSPS) is 10.4. The van der Waals surface area contributed by atoms with Gasteiger partial charge in [-0.05, 0) is 37.1 Å². The van der Waals surface area contributed by atoms with Crippen LogP contribution < -0.4 is 10.6 Å². The van der Waals surface area contributed by atoms with Gasteiger partial charge in [0.15, 0.2) is 0 Å². The van der Waals surface area contributed by atoms with Crippen molar-refractivity contribution in [2.24, 2.45) is 0 Å². The second-order valence-corrected chi connectivity index (χ2v) is 7.05. The standard InChI is InChI=1S/C21H24Cl2N2O2/c22-18-12-6-4-10-16(18)20(26)24-14-8-2-1-3-9-15-25-21(27)17-11-5-7-13-19(17)23/h4-7,10-13H,1-3,8-9,14-15H2,(H,24,26)(H,25,27). The third-order valence-electron chi connectivity index (χ3n) is 4.16. The molecule has 0 spiro atoms. The van der Waals surface area contributed by atoms with Crippen molar-refractivity contribution < 1.29 is 9.59 Å². The highest BCUT2D eigenvalue weighted by atomic mass is 35.5. The van der Waals surface area contributed by atoms with E-state index >= 15 is 0 Å². The monoisotopic (exact) mass is 406 g/mol. The number of rotatable bonds is 10. The van der Waals surface area contributed by atoms with Gasteiger partial charge >= 0.3 is 0 Å². The Labute approximate surface area is 170 Å². The van der Waals surface area contributed by atoms with Crippen LogP contribution in [-0.2, 0) is 0 Å². The van der Waals surface area contributed by atoms with Gasteiger partial charge in [0.2, 0.25) is 0 Å². The number of benzene rings is 2. The molecule has 2 aromatic rings. The molecule has 2 rings (SSSR count). The van der Waals surface area contributed by atoms with Crippen molar-refractivity contribution in [3.05, 3.63) is 69.7 Å². The number of nitrogens with one attached hydrogen (secondary N) is 2. The highest BCUT2D eigenvalue weighted by Crippen LogP contribution is 2.15. The zero-order valence-corrected chi connectivity index (χ0v) is 16.7. The lowest BCUT2D eigenvalue weighted by atomic mass is 10.1. The van der Waals surface area contributed by atoms with E-state index in [0.29, 0.717) is 34.3 Å². The van der Waals surface area contributed by atoms with Gasteiger partial charge in [-0.25, -0.2) is 0 Å². The molecule has 0 radical (unpaired) electrons. The summed E-state index contributed by atoms with van der Waals surface area (Å²) >= 11 is 12.0. The molecule has 0 atom stereocenters. The number of carbonyl (C=O) groups is 2. The van der Waals surface area contributed by atoms with Gasteiger partial charge in [-0.15, -0.1) is 0 Å². The number of carbonyl (C=O) groups excluding carboxylic acids is 2. The molecule has 0 aliphatic rings. The topological polar surface area (TPSA) is 58.2 Å². The van der Waals surface area contributed by atoms with Gasteiger partial charge in [0.25, 0.3) is 11.8 Å². The molecule has 2 aromatic carbocycles.